The van der Waals surface area contributed by atoms with Gasteiger partial charge in [0.05, 0.1) is 11.4 Å². The van der Waals surface area contributed by atoms with Crippen molar-refractivity contribution >= 4 is 33.6 Å². The van der Waals surface area contributed by atoms with Crippen molar-refractivity contribution < 1.29 is 22.9 Å². The number of hydrogen-bond donors (Lipinski definition) is 2. The van der Waals surface area contributed by atoms with E-state index in [1.807, 2.05) is 6.92 Å². The number of hydrogen-bond acceptors (Lipinski definition) is 12. The van der Waals surface area contributed by atoms with Crippen molar-refractivity contribution in [1.82, 2.24) is 19.9 Å². The van der Waals surface area contributed by atoms with Crippen LogP contribution >= 0.6 is 0 Å². The maximum atomic E-state index is 13.8. The zero-order valence-electron chi connectivity index (χ0n) is 28.3. The Bertz CT molecular complexity index is 2140. The Kier molecular flexibility index (Phi) is 10.7. The monoisotopic (exact) mass is 692 g/mol. The molecule has 4 aromatic rings. The summed E-state index contributed by atoms with van der Waals surface area (Å²) in [4.78, 5) is 72.0. The normalized spacial score (nSPS) is 18.9. The Hall–Kier alpha value is -4.95. The molecular weight excluding hydrogens is 651 g/mol. The number of unbranched alkanes of at least 4 members (excludes halogenated alkanes) is 1. The molecule has 15 heteroatoms. The van der Waals surface area contributed by atoms with Crippen LogP contribution in [0.5, 0.6) is 12.0 Å². The molecule has 0 unspecified atom stereocenters. The van der Waals surface area contributed by atoms with Crippen LogP contribution in [0.4, 0.5) is 4.39 Å². The Morgan fingerprint density at radius 2 is 1.32 bits per heavy atom. The Morgan fingerprint density at radius 3 is 1.82 bits per heavy atom. The van der Waals surface area contributed by atoms with Gasteiger partial charge < -0.3 is 18.5 Å². The Labute approximate surface area is 285 Å². The lowest BCUT2D eigenvalue weighted by Gasteiger charge is -2.25. The third kappa shape index (κ3) is 8.98. The standard InChI is InChI=1S/C18H22FN3O4.C17H19N3O4/c1-3-4-5-11-10-13(23)25-16-14(11)15(24)20-17(21-16)26-22-12-6-8-18(2,19)9-7-12;21-13-9-11(8-7-10-5-6-10)14-15(22)18-17(19-16(14)23-13)24-20-12-3-1-2-4-12/h10H,3-9H2,1-2H3,(H,20,21,24);9-10H,1-8H2,(H,18,19,22). The zero-order chi connectivity index (χ0) is 35.3. The second-order valence-corrected chi connectivity index (χ2v) is 13.5. The molecule has 3 fully saturated rings. The molecule has 7 rings (SSSR count). The Balaban J connectivity index is 0.000000173. The van der Waals surface area contributed by atoms with Crippen molar-refractivity contribution in [3.8, 4) is 12.0 Å². The number of H-pyrrole nitrogens is 2. The third-order valence-corrected chi connectivity index (χ3v) is 9.24. The van der Waals surface area contributed by atoms with Gasteiger partial charge in [0, 0.05) is 12.1 Å². The quantitative estimate of drug-likeness (QED) is 0.192. The number of oxime groups is 2. The molecule has 266 valence electrons. The molecule has 3 aliphatic carbocycles. The average molecular weight is 693 g/mol. The van der Waals surface area contributed by atoms with Gasteiger partial charge in [0.25, 0.3) is 11.1 Å². The summed E-state index contributed by atoms with van der Waals surface area (Å²) in [5.41, 5.74) is -0.133. The minimum Gasteiger partial charge on any atom is -0.403 e. The molecule has 14 nitrogen and oxygen atoms in total. The number of aromatic amines is 2. The fourth-order valence-electron chi connectivity index (χ4n) is 6.11. The van der Waals surface area contributed by atoms with Gasteiger partial charge in [-0.05, 0) is 101 Å². The average Bonchev–Trinajstić information content (AvgIpc) is 3.75. The van der Waals surface area contributed by atoms with Crippen LogP contribution in [0, 0.1) is 5.92 Å². The molecule has 0 amide bonds. The number of nitrogens with zero attached hydrogens (tertiary/aromatic N) is 4. The molecule has 4 heterocycles. The molecule has 0 aromatic carbocycles. The van der Waals surface area contributed by atoms with Crippen LogP contribution in [0.15, 0.2) is 50.5 Å². The molecule has 0 aliphatic heterocycles. The Morgan fingerprint density at radius 1 is 0.820 bits per heavy atom. The molecule has 0 bridgehead atoms. The first-order valence-electron chi connectivity index (χ1n) is 17.4. The van der Waals surface area contributed by atoms with E-state index >= 15 is 0 Å². The molecule has 4 aromatic heterocycles. The van der Waals surface area contributed by atoms with Gasteiger partial charge in [-0.3, -0.25) is 19.6 Å². The van der Waals surface area contributed by atoms with Crippen molar-refractivity contribution in [2.24, 2.45) is 16.2 Å². The maximum absolute atomic E-state index is 13.8. The van der Waals surface area contributed by atoms with Crippen molar-refractivity contribution in [3.05, 3.63) is 64.8 Å². The summed E-state index contributed by atoms with van der Waals surface area (Å²) in [6.45, 7) is 3.60. The van der Waals surface area contributed by atoms with Crippen LogP contribution in [-0.4, -0.2) is 37.0 Å². The van der Waals surface area contributed by atoms with Crippen molar-refractivity contribution in [2.75, 3.05) is 0 Å². The van der Waals surface area contributed by atoms with Gasteiger partial charge >= 0.3 is 23.3 Å². The summed E-state index contributed by atoms with van der Waals surface area (Å²) in [5, 5.41) is 8.56. The smallest absolute Gasteiger partial charge is 0.337 e. The fraction of sp³-hybridized carbons (Fsp3) is 0.543. The highest BCUT2D eigenvalue weighted by Gasteiger charge is 2.29. The first kappa shape index (κ1) is 34.9. The summed E-state index contributed by atoms with van der Waals surface area (Å²) in [5.74, 6) is 0.712. The van der Waals surface area contributed by atoms with E-state index in [-0.39, 0.29) is 34.4 Å². The van der Waals surface area contributed by atoms with Crippen LogP contribution in [0.3, 0.4) is 0 Å². The molecule has 0 saturated heterocycles. The summed E-state index contributed by atoms with van der Waals surface area (Å²) >= 11 is 0. The highest BCUT2D eigenvalue weighted by Crippen LogP contribution is 2.34. The largest absolute Gasteiger partial charge is 0.403 e. The highest BCUT2D eigenvalue weighted by atomic mass is 19.1. The minimum absolute atomic E-state index is 0.0127. The van der Waals surface area contributed by atoms with E-state index in [1.165, 1.54) is 25.0 Å². The molecule has 3 aliphatic rings. The van der Waals surface area contributed by atoms with Crippen LogP contribution in [0.2, 0.25) is 0 Å². The third-order valence-electron chi connectivity index (χ3n) is 9.24. The molecule has 3 saturated carbocycles. The molecule has 2 N–H and O–H groups in total. The lowest BCUT2D eigenvalue weighted by Crippen LogP contribution is -2.26. The van der Waals surface area contributed by atoms with E-state index in [2.05, 4.69) is 30.2 Å². The van der Waals surface area contributed by atoms with Crippen molar-refractivity contribution in [1.29, 1.82) is 0 Å². The zero-order valence-corrected chi connectivity index (χ0v) is 28.3. The van der Waals surface area contributed by atoms with Crippen LogP contribution in [0.1, 0.15) is 108 Å². The first-order valence-corrected chi connectivity index (χ1v) is 17.4. The predicted octanol–water partition coefficient (Wildman–Crippen LogP) is 5.78. The highest BCUT2D eigenvalue weighted by molar-refractivity contribution is 5.86. The number of aromatic nitrogens is 4. The first-order chi connectivity index (χ1) is 24.1. The number of rotatable bonds is 10. The van der Waals surface area contributed by atoms with Gasteiger partial charge in [-0.2, -0.15) is 9.97 Å². The molecule has 0 spiro atoms. The predicted molar refractivity (Wildman–Crippen MR) is 184 cm³/mol. The van der Waals surface area contributed by atoms with E-state index in [9.17, 15) is 23.6 Å². The number of nitrogens with one attached hydrogen (secondary N) is 2. The number of alkyl halides is 1. The second kappa shape index (κ2) is 15.3. The van der Waals surface area contributed by atoms with Gasteiger partial charge in [-0.25, -0.2) is 14.0 Å². The van der Waals surface area contributed by atoms with Gasteiger partial charge in [-0.1, -0.05) is 36.5 Å². The van der Waals surface area contributed by atoms with Gasteiger partial charge in [0.15, 0.2) is 0 Å². The second-order valence-electron chi connectivity index (χ2n) is 13.5. The van der Waals surface area contributed by atoms with E-state index in [0.29, 0.717) is 66.7 Å². The molecule has 0 atom stereocenters. The van der Waals surface area contributed by atoms with Gasteiger partial charge in [0.1, 0.15) is 16.4 Å². The van der Waals surface area contributed by atoms with Crippen LogP contribution < -0.4 is 32.0 Å². The van der Waals surface area contributed by atoms with E-state index in [0.717, 1.165) is 50.7 Å². The van der Waals surface area contributed by atoms with Gasteiger partial charge in [0.2, 0.25) is 11.4 Å². The van der Waals surface area contributed by atoms with Crippen molar-refractivity contribution in [3.63, 3.8) is 0 Å². The SMILES string of the molecule is CCCCc1cc(=O)oc2nc(ON=C3CCC(C)(F)CC3)[nH]c(=O)c12.O=c1cc(CCC2CC2)c2c(=O)[nH]c(ON=C3CCCC3)nc2o1. The number of aryl methyl sites for hydroxylation is 2. The summed E-state index contributed by atoms with van der Waals surface area (Å²) in [7, 11) is 0. The maximum Gasteiger partial charge on any atom is 0.337 e. The van der Waals surface area contributed by atoms with Crippen LogP contribution in [-0.2, 0) is 12.8 Å². The lowest BCUT2D eigenvalue weighted by atomic mass is 9.87. The molecule has 0 radical (unpaired) electrons. The summed E-state index contributed by atoms with van der Waals surface area (Å²) in [6, 6.07) is 2.51. The van der Waals surface area contributed by atoms with E-state index in [4.69, 9.17) is 18.5 Å². The number of fused-ring (bicyclic) bond motifs is 2. The summed E-state index contributed by atoms with van der Waals surface area (Å²) in [6.07, 6.45) is 12.2. The topological polar surface area (TPSA) is 195 Å². The van der Waals surface area contributed by atoms with Gasteiger partial charge in [-0.15, -0.1) is 0 Å². The minimum atomic E-state index is -1.17. The molecular formula is C35H41FN6O8. The van der Waals surface area contributed by atoms with E-state index in [1.54, 1.807) is 6.92 Å². The fourth-order valence-corrected chi connectivity index (χ4v) is 6.11. The molecule has 50 heavy (non-hydrogen) atoms. The summed E-state index contributed by atoms with van der Waals surface area (Å²) < 4.78 is 24.0. The van der Waals surface area contributed by atoms with Crippen LogP contribution in [0.25, 0.3) is 22.2 Å². The van der Waals surface area contributed by atoms with E-state index < -0.39 is 22.5 Å². The van der Waals surface area contributed by atoms with Crippen molar-refractivity contribution in [2.45, 2.75) is 116 Å². The number of halogens is 1. The lowest BCUT2D eigenvalue weighted by molar-refractivity contribution is 0.156.